The minimum atomic E-state index is -0.393. The Balaban J connectivity index is 1.66. The lowest BCUT2D eigenvalue weighted by molar-refractivity contribution is -0.211. The van der Waals surface area contributed by atoms with Crippen molar-refractivity contribution >= 4 is 17.9 Å². The molecule has 9 atom stereocenters. The van der Waals surface area contributed by atoms with E-state index in [-0.39, 0.29) is 46.9 Å². The topological polar surface area (TPSA) is 78.9 Å². The van der Waals surface area contributed by atoms with Gasteiger partial charge in [0.25, 0.3) is 0 Å². The van der Waals surface area contributed by atoms with Gasteiger partial charge in [-0.2, -0.15) is 0 Å². The predicted octanol–water partition coefficient (Wildman–Crippen LogP) is 5.21. The first-order valence-corrected chi connectivity index (χ1v) is 13.0. The van der Waals surface area contributed by atoms with Gasteiger partial charge in [0.1, 0.15) is 17.8 Å². The summed E-state index contributed by atoms with van der Waals surface area (Å²) in [6.45, 7) is 11.4. The van der Waals surface area contributed by atoms with Gasteiger partial charge in [0.15, 0.2) is 0 Å². The van der Waals surface area contributed by atoms with Crippen LogP contribution in [0.25, 0.3) is 0 Å². The van der Waals surface area contributed by atoms with E-state index in [9.17, 15) is 14.4 Å². The fourth-order valence-electron chi connectivity index (χ4n) is 9.11. The molecule has 4 aliphatic carbocycles. The number of fused-ring (bicyclic) bond motifs is 5. The van der Waals surface area contributed by atoms with Crippen LogP contribution >= 0.6 is 0 Å². The van der Waals surface area contributed by atoms with E-state index in [1.165, 1.54) is 20.8 Å². The fourth-order valence-corrected chi connectivity index (χ4v) is 9.11. The fraction of sp³-hybridized carbons (Fsp3) is 0.889. The molecule has 0 aromatic carbocycles. The van der Waals surface area contributed by atoms with Crippen molar-refractivity contribution in [3.63, 3.8) is 0 Å². The van der Waals surface area contributed by atoms with E-state index in [4.69, 9.17) is 14.2 Å². The van der Waals surface area contributed by atoms with Gasteiger partial charge in [0.2, 0.25) is 0 Å². The molecule has 4 saturated carbocycles. The highest BCUT2D eigenvalue weighted by Crippen LogP contribution is 2.69. The van der Waals surface area contributed by atoms with E-state index in [1.54, 1.807) is 0 Å². The molecule has 0 aliphatic heterocycles. The maximum atomic E-state index is 12.1. The monoisotopic (exact) mass is 462 g/mol. The van der Waals surface area contributed by atoms with Crippen LogP contribution in [-0.2, 0) is 28.6 Å². The van der Waals surface area contributed by atoms with Crippen molar-refractivity contribution in [1.29, 1.82) is 0 Å². The normalized spacial score (nSPS) is 46.4. The minimum absolute atomic E-state index is 0.0481. The number of hydrogen-bond acceptors (Lipinski definition) is 6. The van der Waals surface area contributed by atoms with Crippen LogP contribution in [0.4, 0.5) is 0 Å². The smallest absolute Gasteiger partial charge is 0.303 e. The van der Waals surface area contributed by atoms with Crippen molar-refractivity contribution in [2.24, 2.45) is 34.5 Å². The van der Waals surface area contributed by atoms with Gasteiger partial charge in [-0.05, 0) is 81.0 Å². The van der Waals surface area contributed by atoms with Crippen LogP contribution in [0.2, 0.25) is 0 Å². The highest BCUT2D eigenvalue weighted by molar-refractivity contribution is 5.67. The number of hydrogen-bond donors (Lipinski definition) is 0. The Morgan fingerprint density at radius 3 is 2.06 bits per heavy atom. The second-order valence-corrected chi connectivity index (χ2v) is 11.8. The molecule has 6 heteroatoms. The predicted molar refractivity (Wildman–Crippen MR) is 123 cm³/mol. The molecule has 0 aromatic heterocycles. The number of rotatable bonds is 4. The van der Waals surface area contributed by atoms with Crippen LogP contribution in [0.3, 0.4) is 0 Å². The van der Waals surface area contributed by atoms with Gasteiger partial charge in [-0.1, -0.05) is 20.8 Å². The van der Waals surface area contributed by atoms with E-state index in [0.29, 0.717) is 17.8 Å². The Kier molecular flexibility index (Phi) is 6.37. The molecule has 0 heterocycles. The van der Waals surface area contributed by atoms with Crippen LogP contribution < -0.4 is 0 Å². The van der Waals surface area contributed by atoms with Gasteiger partial charge in [-0.25, -0.2) is 0 Å². The SMILES string of the molecule is CC[C@@]1(OC(C)=O)CC[C@H]2[C@@H]3CC(OC(C)=O)C4CC(OC(C)=O)CC[C@]4(C)[C@H]3CC[C@@]21C. The first-order chi connectivity index (χ1) is 15.5. The molecule has 0 spiro atoms. The molecule has 6 nitrogen and oxygen atoms in total. The average molecular weight is 463 g/mol. The van der Waals surface area contributed by atoms with Crippen molar-refractivity contribution in [1.82, 2.24) is 0 Å². The van der Waals surface area contributed by atoms with E-state index < -0.39 is 5.60 Å². The average Bonchev–Trinajstić information content (AvgIpc) is 3.00. The standard InChI is InChI=1S/C27H42O6/c1-7-27(33-18(4)30)13-10-22-20-15-24(32-17(3)29)23-14-19(31-16(2)28)8-11-25(23,5)21(20)9-12-26(22,27)6/h19-24H,7-15H2,1-6H3/t19?,20-,21+,22+,23?,24?,25-,26+,27-/m1/s1. The molecule has 4 aliphatic rings. The Bertz CT molecular complexity index is 808. The van der Waals surface area contributed by atoms with Crippen molar-refractivity contribution in [2.45, 2.75) is 117 Å². The molecule has 0 saturated heterocycles. The number of carbonyl (C=O) groups is 3. The zero-order chi connectivity index (χ0) is 24.2. The second-order valence-electron chi connectivity index (χ2n) is 11.8. The summed E-state index contributed by atoms with van der Waals surface area (Å²) in [5, 5.41) is 0. The second kappa shape index (κ2) is 8.57. The lowest BCUT2D eigenvalue weighted by atomic mass is 9.43. The summed E-state index contributed by atoms with van der Waals surface area (Å²) in [7, 11) is 0. The molecule has 0 radical (unpaired) electrons. The lowest BCUT2D eigenvalue weighted by Crippen LogP contribution is -2.61. The van der Waals surface area contributed by atoms with Gasteiger partial charge in [0, 0.05) is 32.1 Å². The third-order valence-electron chi connectivity index (χ3n) is 10.5. The summed E-state index contributed by atoms with van der Waals surface area (Å²) < 4.78 is 17.7. The molecular formula is C27H42O6. The quantitative estimate of drug-likeness (QED) is 0.421. The molecule has 4 rings (SSSR count). The summed E-state index contributed by atoms with van der Waals surface area (Å²) in [5.74, 6) is 1.01. The van der Waals surface area contributed by atoms with Crippen molar-refractivity contribution in [3.05, 3.63) is 0 Å². The van der Waals surface area contributed by atoms with Crippen LogP contribution in [0.1, 0.15) is 99.3 Å². The highest BCUT2D eigenvalue weighted by atomic mass is 16.6. The first kappa shape index (κ1) is 24.5. The van der Waals surface area contributed by atoms with Gasteiger partial charge in [-0.3, -0.25) is 14.4 Å². The van der Waals surface area contributed by atoms with Crippen LogP contribution in [0.5, 0.6) is 0 Å². The largest absolute Gasteiger partial charge is 0.463 e. The highest BCUT2D eigenvalue weighted by Gasteiger charge is 2.67. The summed E-state index contributed by atoms with van der Waals surface area (Å²) >= 11 is 0. The van der Waals surface area contributed by atoms with E-state index in [1.807, 2.05) is 0 Å². The maximum Gasteiger partial charge on any atom is 0.303 e. The number of carbonyl (C=O) groups excluding carboxylic acids is 3. The Labute approximate surface area is 198 Å². The van der Waals surface area contributed by atoms with Crippen molar-refractivity contribution < 1.29 is 28.6 Å². The molecule has 33 heavy (non-hydrogen) atoms. The zero-order valence-electron chi connectivity index (χ0n) is 21.3. The first-order valence-electron chi connectivity index (χ1n) is 13.0. The summed E-state index contributed by atoms with van der Waals surface area (Å²) in [6, 6.07) is 0. The van der Waals surface area contributed by atoms with Gasteiger partial charge in [-0.15, -0.1) is 0 Å². The van der Waals surface area contributed by atoms with Gasteiger partial charge in [0.05, 0.1) is 0 Å². The minimum Gasteiger partial charge on any atom is -0.463 e. The Hall–Kier alpha value is -1.59. The molecule has 0 amide bonds. The van der Waals surface area contributed by atoms with Gasteiger partial charge < -0.3 is 14.2 Å². The molecular weight excluding hydrogens is 420 g/mol. The summed E-state index contributed by atoms with van der Waals surface area (Å²) in [6.07, 6.45) is 8.23. The maximum absolute atomic E-state index is 12.1. The number of esters is 3. The van der Waals surface area contributed by atoms with Gasteiger partial charge >= 0.3 is 17.9 Å². The summed E-state index contributed by atoms with van der Waals surface area (Å²) in [5.41, 5.74) is -0.385. The molecule has 186 valence electrons. The molecule has 0 bridgehead atoms. The zero-order valence-corrected chi connectivity index (χ0v) is 21.3. The molecule has 4 fully saturated rings. The van der Waals surface area contributed by atoms with E-state index in [0.717, 1.165) is 57.8 Å². The number of ether oxygens (including phenoxy) is 3. The van der Waals surface area contributed by atoms with Crippen LogP contribution in [0, 0.1) is 34.5 Å². The third-order valence-corrected chi connectivity index (χ3v) is 10.5. The van der Waals surface area contributed by atoms with E-state index in [2.05, 4.69) is 20.8 Å². The molecule has 0 aromatic rings. The summed E-state index contributed by atoms with van der Waals surface area (Å²) in [4.78, 5) is 35.8. The molecule has 3 unspecified atom stereocenters. The Morgan fingerprint density at radius 1 is 0.788 bits per heavy atom. The molecule has 0 N–H and O–H groups in total. The Morgan fingerprint density at radius 2 is 1.45 bits per heavy atom. The van der Waals surface area contributed by atoms with Crippen molar-refractivity contribution in [2.75, 3.05) is 0 Å². The van der Waals surface area contributed by atoms with E-state index >= 15 is 0 Å². The third kappa shape index (κ3) is 3.89. The lowest BCUT2D eigenvalue weighted by Gasteiger charge is -2.63. The van der Waals surface area contributed by atoms with Crippen molar-refractivity contribution in [3.8, 4) is 0 Å². The van der Waals surface area contributed by atoms with Crippen LogP contribution in [-0.4, -0.2) is 35.7 Å². The van der Waals surface area contributed by atoms with Crippen LogP contribution in [0.15, 0.2) is 0 Å².